The summed E-state index contributed by atoms with van der Waals surface area (Å²) in [6.45, 7) is 12.5. The molecule has 0 N–H and O–H groups in total. The van der Waals surface area contributed by atoms with Crippen LogP contribution in [0.4, 0.5) is 0 Å². The summed E-state index contributed by atoms with van der Waals surface area (Å²) in [6, 6.07) is 6.16. The van der Waals surface area contributed by atoms with Gasteiger partial charge < -0.3 is 9.47 Å². The van der Waals surface area contributed by atoms with E-state index in [9.17, 15) is 0 Å². The Bertz CT molecular complexity index is 977. The van der Waals surface area contributed by atoms with Crippen molar-refractivity contribution in [2.24, 2.45) is 0 Å². The van der Waals surface area contributed by atoms with Gasteiger partial charge in [-0.3, -0.25) is 4.90 Å². The molecule has 0 bridgehead atoms. The highest BCUT2D eigenvalue weighted by molar-refractivity contribution is 7.18. The number of nitrogens with zero attached hydrogens (tertiary/aromatic N) is 3. The predicted molar refractivity (Wildman–Crippen MR) is 109 cm³/mol. The van der Waals surface area contributed by atoms with Crippen molar-refractivity contribution < 1.29 is 9.47 Å². The predicted octanol–water partition coefficient (Wildman–Crippen LogP) is 4.55. The Balaban J connectivity index is 1.72. The number of rotatable bonds is 4. The molecular formula is C21H25N3O2S. The Labute approximate surface area is 164 Å². The summed E-state index contributed by atoms with van der Waals surface area (Å²) < 4.78 is 11.7. The zero-order chi connectivity index (χ0) is 19.0. The van der Waals surface area contributed by atoms with Crippen molar-refractivity contribution in [2.75, 3.05) is 26.3 Å². The minimum Gasteiger partial charge on any atom is -0.438 e. The molecule has 5 nitrogen and oxygen atoms in total. The average Bonchev–Trinajstić information content (AvgIpc) is 2.93. The second-order valence-corrected chi connectivity index (χ2v) is 8.35. The minimum atomic E-state index is 0.661. The van der Waals surface area contributed by atoms with Crippen molar-refractivity contribution in [2.45, 2.75) is 34.2 Å². The van der Waals surface area contributed by atoms with Crippen LogP contribution in [0.25, 0.3) is 10.2 Å². The maximum Gasteiger partial charge on any atom is 0.231 e. The van der Waals surface area contributed by atoms with Gasteiger partial charge in [0.2, 0.25) is 5.88 Å². The van der Waals surface area contributed by atoms with Crippen molar-refractivity contribution >= 4 is 21.6 Å². The van der Waals surface area contributed by atoms with Crippen LogP contribution in [-0.2, 0) is 11.3 Å². The normalized spacial score (nSPS) is 15.4. The van der Waals surface area contributed by atoms with Gasteiger partial charge in [-0.05, 0) is 56.5 Å². The summed E-state index contributed by atoms with van der Waals surface area (Å²) in [5.74, 6) is 2.29. The molecule has 6 heteroatoms. The van der Waals surface area contributed by atoms with Crippen LogP contribution >= 0.6 is 11.3 Å². The number of benzene rings is 1. The Hall–Kier alpha value is -2.02. The van der Waals surface area contributed by atoms with Crippen LogP contribution in [-0.4, -0.2) is 41.2 Å². The summed E-state index contributed by atoms with van der Waals surface area (Å²) in [7, 11) is 0. The Morgan fingerprint density at radius 3 is 2.59 bits per heavy atom. The molecule has 0 amide bonds. The number of morpholine rings is 1. The zero-order valence-corrected chi connectivity index (χ0v) is 17.2. The summed E-state index contributed by atoms with van der Waals surface area (Å²) in [4.78, 5) is 14.2. The number of aryl methyl sites for hydroxylation is 4. The molecule has 3 aromatic rings. The number of fused-ring (bicyclic) bond motifs is 1. The van der Waals surface area contributed by atoms with Crippen LogP contribution in [0.2, 0.25) is 0 Å². The molecule has 2 aromatic heterocycles. The van der Waals surface area contributed by atoms with Gasteiger partial charge in [0, 0.05) is 18.0 Å². The SMILES string of the molecule is Cc1ccc(Oc2nc(CN3CCOCC3)nc3sc(C)c(C)c23)cc1C. The maximum absolute atomic E-state index is 6.26. The van der Waals surface area contributed by atoms with Crippen molar-refractivity contribution in [1.82, 2.24) is 14.9 Å². The summed E-state index contributed by atoms with van der Waals surface area (Å²) in [5.41, 5.74) is 3.67. The third-order valence-corrected chi connectivity index (χ3v) is 6.30. The van der Waals surface area contributed by atoms with E-state index < -0.39 is 0 Å². The molecule has 1 aromatic carbocycles. The van der Waals surface area contributed by atoms with E-state index in [-0.39, 0.29) is 0 Å². The molecule has 4 rings (SSSR count). The van der Waals surface area contributed by atoms with E-state index >= 15 is 0 Å². The summed E-state index contributed by atoms with van der Waals surface area (Å²) in [6.07, 6.45) is 0. The van der Waals surface area contributed by atoms with Gasteiger partial charge in [-0.2, -0.15) is 4.98 Å². The molecule has 1 aliphatic rings. The highest BCUT2D eigenvalue weighted by atomic mass is 32.1. The first kappa shape index (κ1) is 18.3. The first-order valence-electron chi connectivity index (χ1n) is 9.33. The van der Waals surface area contributed by atoms with Crippen LogP contribution in [0.5, 0.6) is 11.6 Å². The lowest BCUT2D eigenvalue weighted by molar-refractivity contribution is 0.0330. The lowest BCUT2D eigenvalue weighted by Crippen LogP contribution is -2.36. The fourth-order valence-corrected chi connectivity index (χ4v) is 4.29. The van der Waals surface area contributed by atoms with Crippen LogP contribution in [0.1, 0.15) is 27.4 Å². The molecule has 27 heavy (non-hydrogen) atoms. The molecule has 0 radical (unpaired) electrons. The smallest absolute Gasteiger partial charge is 0.231 e. The monoisotopic (exact) mass is 383 g/mol. The van der Waals surface area contributed by atoms with Crippen molar-refractivity contribution in [1.29, 1.82) is 0 Å². The van der Waals surface area contributed by atoms with E-state index in [0.717, 1.165) is 54.6 Å². The highest BCUT2D eigenvalue weighted by Gasteiger charge is 2.19. The van der Waals surface area contributed by atoms with Gasteiger partial charge >= 0.3 is 0 Å². The van der Waals surface area contributed by atoms with Gasteiger partial charge in [0.1, 0.15) is 16.4 Å². The topological polar surface area (TPSA) is 47.5 Å². The molecule has 3 heterocycles. The van der Waals surface area contributed by atoms with Crippen LogP contribution < -0.4 is 4.74 Å². The maximum atomic E-state index is 6.26. The summed E-state index contributed by atoms with van der Waals surface area (Å²) in [5, 5.41) is 1.03. The molecule has 0 aliphatic carbocycles. The molecule has 1 aliphatic heterocycles. The lowest BCUT2D eigenvalue weighted by Gasteiger charge is -2.25. The Morgan fingerprint density at radius 2 is 1.85 bits per heavy atom. The van der Waals surface area contributed by atoms with Gasteiger partial charge in [-0.25, -0.2) is 4.98 Å². The highest BCUT2D eigenvalue weighted by Crippen LogP contribution is 2.36. The second-order valence-electron chi connectivity index (χ2n) is 7.15. The lowest BCUT2D eigenvalue weighted by atomic mass is 10.1. The van der Waals surface area contributed by atoms with Crippen LogP contribution in [0.3, 0.4) is 0 Å². The largest absolute Gasteiger partial charge is 0.438 e. The number of thiophene rings is 1. The van der Waals surface area contributed by atoms with Crippen molar-refractivity contribution in [3.8, 4) is 11.6 Å². The van der Waals surface area contributed by atoms with Crippen LogP contribution in [0, 0.1) is 27.7 Å². The number of aromatic nitrogens is 2. The molecule has 1 fully saturated rings. The van der Waals surface area contributed by atoms with E-state index in [1.54, 1.807) is 11.3 Å². The van der Waals surface area contributed by atoms with Gasteiger partial charge in [0.15, 0.2) is 0 Å². The number of hydrogen-bond acceptors (Lipinski definition) is 6. The first-order valence-corrected chi connectivity index (χ1v) is 10.1. The molecule has 0 saturated carbocycles. The molecule has 1 saturated heterocycles. The second kappa shape index (κ2) is 7.54. The quantitative estimate of drug-likeness (QED) is 0.661. The Kier molecular flexibility index (Phi) is 5.12. The third kappa shape index (κ3) is 3.83. The van der Waals surface area contributed by atoms with E-state index in [1.165, 1.54) is 21.6 Å². The average molecular weight is 384 g/mol. The van der Waals surface area contributed by atoms with E-state index in [0.29, 0.717) is 5.88 Å². The van der Waals surface area contributed by atoms with Gasteiger partial charge in [0.25, 0.3) is 0 Å². The Morgan fingerprint density at radius 1 is 1.07 bits per heavy atom. The molecule has 0 spiro atoms. The zero-order valence-electron chi connectivity index (χ0n) is 16.3. The molecule has 0 atom stereocenters. The molecular weight excluding hydrogens is 358 g/mol. The first-order chi connectivity index (χ1) is 13.0. The van der Waals surface area contributed by atoms with Gasteiger partial charge in [-0.1, -0.05) is 6.07 Å². The van der Waals surface area contributed by atoms with Gasteiger partial charge in [-0.15, -0.1) is 11.3 Å². The van der Waals surface area contributed by atoms with E-state index in [4.69, 9.17) is 19.4 Å². The fraction of sp³-hybridized carbons (Fsp3) is 0.429. The van der Waals surface area contributed by atoms with E-state index in [1.807, 2.05) is 6.07 Å². The van der Waals surface area contributed by atoms with E-state index in [2.05, 4.69) is 44.7 Å². The third-order valence-electron chi connectivity index (χ3n) is 5.20. The van der Waals surface area contributed by atoms with Crippen LogP contribution in [0.15, 0.2) is 18.2 Å². The van der Waals surface area contributed by atoms with Crippen molar-refractivity contribution in [3.63, 3.8) is 0 Å². The summed E-state index contributed by atoms with van der Waals surface area (Å²) >= 11 is 1.71. The molecule has 0 unspecified atom stereocenters. The number of hydrogen-bond donors (Lipinski definition) is 0. The van der Waals surface area contributed by atoms with Gasteiger partial charge in [0.05, 0.1) is 25.1 Å². The minimum absolute atomic E-state index is 0.661. The fourth-order valence-electron chi connectivity index (χ4n) is 3.25. The number of ether oxygens (including phenoxy) is 2. The molecule has 142 valence electrons. The standard InChI is InChI=1S/C21H25N3O2S/c1-13-5-6-17(11-14(13)2)26-20-19-15(3)16(4)27-21(19)23-18(22-20)12-24-7-9-25-10-8-24/h5-6,11H,7-10,12H2,1-4H3. The van der Waals surface area contributed by atoms with Crippen molar-refractivity contribution in [3.05, 3.63) is 45.6 Å².